The van der Waals surface area contributed by atoms with Gasteiger partial charge in [0.25, 0.3) is 0 Å². The van der Waals surface area contributed by atoms with E-state index in [-0.39, 0.29) is 22.3 Å². The van der Waals surface area contributed by atoms with E-state index >= 15 is 0 Å². The number of thiol groups is 1. The molecule has 1 amide bonds. The Hall–Kier alpha value is -0.180. The smallest absolute Gasteiger partial charge is 0.222 e. The Balaban J connectivity index is -0.000000480. The molecule has 1 fully saturated rings. The third-order valence-corrected chi connectivity index (χ3v) is 2.80. The van der Waals surface area contributed by atoms with Crippen molar-refractivity contribution >= 4 is 18.5 Å². The standard InChI is InChI=1S/C9H17NOS.3CH4/c1-2-4-8(7-12)10-6-3-5-9(10)11;;;/h8,12H,2-7H2,1H3;3*1H4. The van der Waals surface area contributed by atoms with Crippen LogP contribution < -0.4 is 0 Å². The summed E-state index contributed by atoms with van der Waals surface area (Å²) in [6.45, 7) is 3.10. The van der Waals surface area contributed by atoms with Gasteiger partial charge in [-0.3, -0.25) is 4.79 Å². The quantitative estimate of drug-likeness (QED) is 0.738. The normalized spacial score (nSPS) is 16.1. The van der Waals surface area contributed by atoms with Gasteiger partial charge >= 0.3 is 0 Å². The van der Waals surface area contributed by atoms with E-state index in [9.17, 15) is 4.79 Å². The Bertz CT molecular complexity index is 162. The van der Waals surface area contributed by atoms with Gasteiger partial charge in [0.1, 0.15) is 0 Å². The van der Waals surface area contributed by atoms with Crippen molar-refractivity contribution < 1.29 is 4.79 Å². The topological polar surface area (TPSA) is 20.3 Å². The first kappa shape index (κ1) is 20.3. The summed E-state index contributed by atoms with van der Waals surface area (Å²) in [6, 6.07) is 0.383. The van der Waals surface area contributed by atoms with Crippen LogP contribution in [0.4, 0.5) is 0 Å². The molecule has 1 aliphatic rings. The zero-order chi connectivity index (χ0) is 8.97. The first-order valence-electron chi connectivity index (χ1n) is 4.70. The molecule has 0 radical (unpaired) electrons. The lowest BCUT2D eigenvalue weighted by Gasteiger charge is -2.25. The van der Waals surface area contributed by atoms with Crippen LogP contribution in [0.3, 0.4) is 0 Å². The van der Waals surface area contributed by atoms with E-state index in [1.807, 2.05) is 4.90 Å². The van der Waals surface area contributed by atoms with Crippen molar-refractivity contribution in [1.29, 1.82) is 0 Å². The van der Waals surface area contributed by atoms with E-state index in [0.29, 0.717) is 11.9 Å². The molecule has 3 heteroatoms. The molecule has 0 bridgehead atoms. The third-order valence-electron chi connectivity index (χ3n) is 2.38. The maximum atomic E-state index is 11.3. The van der Waals surface area contributed by atoms with Crippen molar-refractivity contribution in [2.75, 3.05) is 12.3 Å². The number of carbonyl (C=O) groups excluding carboxylic acids is 1. The van der Waals surface area contributed by atoms with E-state index in [4.69, 9.17) is 0 Å². The number of hydrogen-bond donors (Lipinski definition) is 1. The summed E-state index contributed by atoms with van der Waals surface area (Å²) >= 11 is 4.27. The van der Waals surface area contributed by atoms with Crippen LogP contribution in [-0.4, -0.2) is 29.1 Å². The van der Waals surface area contributed by atoms with Gasteiger partial charge in [0.2, 0.25) is 5.91 Å². The maximum Gasteiger partial charge on any atom is 0.222 e. The Morgan fingerprint density at radius 1 is 1.40 bits per heavy atom. The minimum absolute atomic E-state index is 0. The lowest BCUT2D eigenvalue weighted by Crippen LogP contribution is -2.37. The van der Waals surface area contributed by atoms with E-state index in [1.165, 1.54) is 0 Å². The van der Waals surface area contributed by atoms with Crippen molar-refractivity contribution in [3.05, 3.63) is 0 Å². The average molecular weight is 235 g/mol. The van der Waals surface area contributed by atoms with Crippen molar-refractivity contribution in [1.82, 2.24) is 4.90 Å². The lowest BCUT2D eigenvalue weighted by molar-refractivity contribution is -0.129. The van der Waals surface area contributed by atoms with Gasteiger partial charge < -0.3 is 4.90 Å². The second-order valence-electron chi connectivity index (χ2n) is 3.32. The number of hydrogen-bond acceptors (Lipinski definition) is 2. The number of nitrogens with zero attached hydrogens (tertiary/aromatic N) is 1. The summed E-state index contributed by atoms with van der Waals surface area (Å²) in [4.78, 5) is 13.3. The summed E-state index contributed by atoms with van der Waals surface area (Å²) in [5.41, 5.74) is 0. The van der Waals surface area contributed by atoms with Crippen LogP contribution in [0.15, 0.2) is 0 Å². The summed E-state index contributed by atoms with van der Waals surface area (Å²) in [5, 5.41) is 0. The molecule has 94 valence electrons. The van der Waals surface area contributed by atoms with Crippen LogP contribution in [0, 0.1) is 0 Å². The van der Waals surface area contributed by atoms with Crippen molar-refractivity contribution in [3.63, 3.8) is 0 Å². The molecule has 1 heterocycles. The minimum atomic E-state index is 0. The largest absolute Gasteiger partial charge is 0.339 e. The van der Waals surface area contributed by atoms with E-state index < -0.39 is 0 Å². The highest BCUT2D eigenvalue weighted by molar-refractivity contribution is 7.80. The molecule has 2 nitrogen and oxygen atoms in total. The van der Waals surface area contributed by atoms with E-state index in [2.05, 4.69) is 19.6 Å². The van der Waals surface area contributed by atoms with Gasteiger partial charge in [-0.05, 0) is 12.8 Å². The molecular formula is C12H29NOS. The monoisotopic (exact) mass is 235 g/mol. The third kappa shape index (κ3) is 5.45. The second-order valence-corrected chi connectivity index (χ2v) is 3.68. The van der Waals surface area contributed by atoms with Crippen LogP contribution in [-0.2, 0) is 4.79 Å². The number of rotatable bonds is 4. The van der Waals surface area contributed by atoms with Crippen LogP contribution in [0.2, 0.25) is 0 Å². The molecule has 0 aromatic carbocycles. The Morgan fingerprint density at radius 3 is 2.33 bits per heavy atom. The molecular weight excluding hydrogens is 206 g/mol. The molecule has 0 aromatic rings. The van der Waals surface area contributed by atoms with Gasteiger partial charge in [0, 0.05) is 24.8 Å². The zero-order valence-electron chi connectivity index (χ0n) is 7.62. The van der Waals surface area contributed by atoms with Crippen molar-refractivity contribution in [2.24, 2.45) is 0 Å². The molecule has 0 N–H and O–H groups in total. The van der Waals surface area contributed by atoms with Crippen LogP contribution in [0.25, 0.3) is 0 Å². The van der Waals surface area contributed by atoms with Crippen LogP contribution >= 0.6 is 12.6 Å². The molecule has 1 rings (SSSR count). The fourth-order valence-corrected chi connectivity index (χ4v) is 2.11. The summed E-state index contributed by atoms with van der Waals surface area (Å²) in [5.74, 6) is 1.13. The predicted octanol–water partition coefficient (Wildman–Crippen LogP) is 3.62. The molecule has 0 saturated carbocycles. The minimum Gasteiger partial charge on any atom is -0.339 e. The molecule has 1 saturated heterocycles. The Kier molecular flexibility index (Phi) is 14.0. The maximum absolute atomic E-state index is 11.3. The van der Waals surface area contributed by atoms with Gasteiger partial charge in [-0.25, -0.2) is 0 Å². The SMILES string of the molecule is C.C.C.CCCC(CS)N1CCCC1=O. The van der Waals surface area contributed by atoms with E-state index in [1.54, 1.807) is 0 Å². The summed E-state index contributed by atoms with van der Waals surface area (Å²) in [7, 11) is 0. The van der Waals surface area contributed by atoms with Crippen molar-refractivity contribution in [3.8, 4) is 0 Å². The number of amides is 1. The van der Waals surface area contributed by atoms with Crippen LogP contribution in [0.1, 0.15) is 54.9 Å². The highest BCUT2D eigenvalue weighted by Crippen LogP contribution is 2.17. The molecule has 0 aromatic heterocycles. The summed E-state index contributed by atoms with van der Waals surface area (Å²) in [6.07, 6.45) is 4.01. The van der Waals surface area contributed by atoms with Crippen LogP contribution in [0.5, 0.6) is 0 Å². The van der Waals surface area contributed by atoms with Gasteiger partial charge in [0.15, 0.2) is 0 Å². The Labute approximate surface area is 102 Å². The van der Waals surface area contributed by atoms with Gasteiger partial charge in [-0.15, -0.1) is 0 Å². The van der Waals surface area contributed by atoms with E-state index in [0.717, 1.165) is 38.0 Å². The fraction of sp³-hybridized carbons (Fsp3) is 0.917. The molecule has 0 spiro atoms. The highest BCUT2D eigenvalue weighted by atomic mass is 32.1. The van der Waals surface area contributed by atoms with Gasteiger partial charge in [0.05, 0.1) is 0 Å². The zero-order valence-corrected chi connectivity index (χ0v) is 8.52. The molecule has 15 heavy (non-hydrogen) atoms. The number of carbonyl (C=O) groups is 1. The fourth-order valence-electron chi connectivity index (χ4n) is 1.73. The first-order chi connectivity index (χ1) is 5.79. The first-order valence-corrected chi connectivity index (χ1v) is 5.33. The Morgan fingerprint density at radius 2 is 2.00 bits per heavy atom. The second kappa shape index (κ2) is 10.3. The van der Waals surface area contributed by atoms with Crippen molar-refractivity contribution in [2.45, 2.75) is 60.9 Å². The molecule has 0 aliphatic carbocycles. The predicted molar refractivity (Wildman–Crippen MR) is 73.7 cm³/mol. The average Bonchev–Trinajstić information content (AvgIpc) is 2.47. The lowest BCUT2D eigenvalue weighted by atomic mass is 10.2. The summed E-state index contributed by atoms with van der Waals surface area (Å²) < 4.78 is 0. The highest BCUT2D eigenvalue weighted by Gasteiger charge is 2.25. The van der Waals surface area contributed by atoms with Gasteiger partial charge in [-0.1, -0.05) is 35.6 Å². The molecule has 1 atom stereocenters. The number of likely N-dealkylation sites (tertiary alicyclic amines) is 1. The molecule has 1 unspecified atom stereocenters. The van der Waals surface area contributed by atoms with Gasteiger partial charge in [-0.2, -0.15) is 12.6 Å². The molecule has 1 aliphatic heterocycles.